The molecule has 1 rings (SSSR count). The predicted molar refractivity (Wildman–Crippen MR) is 72.6 cm³/mol. The van der Waals surface area contributed by atoms with Gasteiger partial charge in [-0.1, -0.05) is 6.58 Å². The van der Waals surface area contributed by atoms with Gasteiger partial charge in [0.05, 0.1) is 9.47 Å². The molecule has 1 unspecified atom stereocenters. The fraction of sp³-hybridized carbons (Fsp3) is 0.0769. The Morgan fingerprint density at radius 1 is 1.44 bits per heavy atom. The van der Waals surface area contributed by atoms with Crippen molar-refractivity contribution in [3.63, 3.8) is 0 Å². The van der Waals surface area contributed by atoms with Crippen LogP contribution in [0.25, 0.3) is 0 Å². The zero-order valence-corrected chi connectivity index (χ0v) is 10.9. The summed E-state index contributed by atoms with van der Waals surface area (Å²) in [5.41, 5.74) is 0.841. The van der Waals surface area contributed by atoms with Gasteiger partial charge in [0.15, 0.2) is 0 Å². The highest BCUT2D eigenvalue weighted by molar-refractivity contribution is 7.10. The summed E-state index contributed by atoms with van der Waals surface area (Å²) in [6.07, 6.45) is 4.83. The van der Waals surface area contributed by atoms with E-state index in [1.165, 1.54) is 18.4 Å². The quantitative estimate of drug-likeness (QED) is 0.446. The SMILES string of the molecule is C=C/C(F)=C\C=C\[N+](=O)Cc1ccc(OP)cc1. The number of nitroso groups, excluding NO2 is 1. The van der Waals surface area contributed by atoms with Gasteiger partial charge >= 0.3 is 0 Å². The highest BCUT2D eigenvalue weighted by Gasteiger charge is 2.05. The average molecular weight is 266 g/mol. The lowest BCUT2D eigenvalue weighted by atomic mass is 10.2. The topological polar surface area (TPSA) is 29.3 Å². The summed E-state index contributed by atoms with van der Waals surface area (Å²) in [5, 5.41) is 0. The molecule has 0 saturated carbocycles. The Hall–Kier alpha value is -1.80. The van der Waals surface area contributed by atoms with Gasteiger partial charge in [0.2, 0.25) is 12.7 Å². The fourth-order valence-electron chi connectivity index (χ4n) is 1.21. The molecule has 3 nitrogen and oxygen atoms in total. The highest BCUT2D eigenvalue weighted by Crippen LogP contribution is 2.14. The van der Waals surface area contributed by atoms with Crippen LogP contribution in [0.3, 0.4) is 0 Å². The molecule has 0 bridgehead atoms. The Kier molecular flexibility index (Phi) is 5.95. The Morgan fingerprint density at radius 2 is 2.11 bits per heavy atom. The minimum Gasteiger partial charge on any atom is -0.480 e. The number of halogens is 1. The smallest absolute Gasteiger partial charge is 0.223 e. The molecule has 0 radical (unpaired) electrons. The van der Waals surface area contributed by atoms with E-state index in [2.05, 4.69) is 16.0 Å². The van der Waals surface area contributed by atoms with Crippen molar-refractivity contribution in [2.24, 2.45) is 0 Å². The van der Waals surface area contributed by atoms with Gasteiger partial charge in [-0.2, -0.15) is 0 Å². The maximum absolute atomic E-state index is 12.6. The summed E-state index contributed by atoms with van der Waals surface area (Å²) in [5.74, 6) is 0.217. The zero-order chi connectivity index (χ0) is 13.4. The second-order valence-corrected chi connectivity index (χ2v) is 3.67. The second kappa shape index (κ2) is 7.51. The fourth-order valence-corrected chi connectivity index (χ4v) is 1.36. The molecule has 0 heterocycles. The van der Waals surface area contributed by atoms with E-state index in [-0.39, 0.29) is 6.54 Å². The minimum atomic E-state index is -0.485. The summed E-state index contributed by atoms with van der Waals surface area (Å²) in [4.78, 5) is 11.5. The van der Waals surface area contributed by atoms with E-state index in [1.807, 2.05) is 0 Å². The Bertz CT molecular complexity index is 480. The van der Waals surface area contributed by atoms with E-state index in [0.29, 0.717) is 10.5 Å². The van der Waals surface area contributed by atoms with Crippen molar-refractivity contribution in [3.8, 4) is 5.75 Å². The number of benzene rings is 1. The lowest BCUT2D eigenvalue weighted by Gasteiger charge is -1.98. The van der Waals surface area contributed by atoms with E-state index in [0.717, 1.165) is 11.6 Å². The molecule has 94 valence electrons. The first-order valence-corrected chi connectivity index (χ1v) is 5.68. The van der Waals surface area contributed by atoms with E-state index in [9.17, 15) is 9.30 Å². The molecule has 0 saturated heterocycles. The predicted octanol–water partition coefficient (Wildman–Crippen LogP) is 3.69. The van der Waals surface area contributed by atoms with Crippen LogP contribution in [0.2, 0.25) is 0 Å². The molecule has 0 spiro atoms. The summed E-state index contributed by atoms with van der Waals surface area (Å²) >= 11 is 0. The van der Waals surface area contributed by atoms with Crippen molar-refractivity contribution in [2.45, 2.75) is 6.54 Å². The number of allylic oxidation sites excluding steroid dienone is 4. The molecular formula is C13H14FNO2P+. The third-order valence-corrected chi connectivity index (χ3v) is 2.37. The van der Waals surface area contributed by atoms with Crippen molar-refractivity contribution in [2.75, 3.05) is 0 Å². The Balaban J connectivity index is 2.56. The minimum absolute atomic E-state index is 0.192. The first-order valence-electron chi connectivity index (χ1n) is 5.21. The average Bonchev–Trinajstić information content (AvgIpc) is 2.39. The van der Waals surface area contributed by atoms with Gasteiger partial charge in [-0.15, -0.1) is 0 Å². The second-order valence-electron chi connectivity index (χ2n) is 3.43. The van der Waals surface area contributed by atoms with Gasteiger partial charge in [-0.05, 0) is 36.4 Å². The molecule has 0 fully saturated rings. The van der Waals surface area contributed by atoms with Crippen LogP contribution in [0.5, 0.6) is 5.75 Å². The Morgan fingerprint density at radius 3 is 2.67 bits per heavy atom. The number of nitrogens with zero attached hydrogens (tertiary/aromatic N) is 1. The van der Waals surface area contributed by atoms with Crippen LogP contribution in [0.1, 0.15) is 5.56 Å². The summed E-state index contributed by atoms with van der Waals surface area (Å²) in [7, 11) is 2.15. The molecule has 0 aliphatic carbocycles. The monoisotopic (exact) mass is 266 g/mol. The first-order chi connectivity index (χ1) is 8.65. The van der Waals surface area contributed by atoms with Crippen LogP contribution >= 0.6 is 9.47 Å². The van der Waals surface area contributed by atoms with Crippen LogP contribution in [-0.4, -0.2) is 4.76 Å². The van der Waals surface area contributed by atoms with Crippen LogP contribution in [0.4, 0.5) is 4.39 Å². The number of rotatable bonds is 6. The lowest BCUT2D eigenvalue weighted by molar-refractivity contribution is -0.496. The van der Waals surface area contributed by atoms with Gasteiger partial charge < -0.3 is 4.52 Å². The largest absolute Gasteiger partial charge is 0.480 e. The van der Waals surface area contributed by atoms with Crippen molar-refractivity contribution >= 4 is 9.47 Å². The third-order valence-electron chi connectivity index (χ3n) is 2.10. The highest BCUT2D eigenvalue weighted by atomic mass is 31.0. The summed E-state index contributed by atoms with van der Waals surface area (Å²) in [6, 6.07) is 7.10. The number of hydrogen-bond acceptors (Lipinski definition) is 2. The van der Waals surface area contributed by atoms with Gasteiger partial charge in [0, 0.05) is 21.3 Å². The standard InChI is InChI=1S/C13H14FNO2P/c1-2-12(14)4-3-9-15(16)10-11-5-7-13(17-18)8-6-11/h2-9H,1,10,18H2/q+1/b9-3+,12-4+. The molecule has 0 amide bonds. The molecule has 1 aromatic rings. The molecule has 0 N–H and O–H groups in total. The molecular weight excluding hydrogens is 252 g/mol. The third kappa shape index (κ3) is 5.02. The number of hydrogen-bond donors (Lipinski definition) is 0. The van der Waals surface area contributed by atoms with Crippen LogP contribution in [0.15, 0.2) is 61.1 Å². The van der Waals surface area contributed by atoms with E-state index < -0.39 is 5.83 Å². The molecule has 0 aromatic heterocycles. The van der Waals surface area contributed by atoms with Gasteiger partial charge in [0.25, 0.3) is 0 Å². The maximum atomic E-state index is 12.6. The van der Waals surface area contributed by atoms with Gasteiger partial charge in [-0.3, -0.25) is 0 Å². The molecule has 1 aromatic carbocycles. The van der Waals surface area contributed by atoms with E-state index >= 15 is 0 Å². The zero-order valence-electron chi connectivity index (χ0n) is 9.75. The van der Waals surface area contributed by atoms with Gasteiger partial charge in [0.1, 0.15) is 11.6 Å². The van der Waals surface area contributed by atoms with Crippen LogP contribution in [0, 0.1) is 4.91 Å². The molecule has 5 heteroatoms. The molecule has 0 aliphatic heterocycles. The maximum Gasteiger partial charge on any atom is 0.223 e. The molecule has 1 atom stereocenters. The van der Waals surface area contributed by atoms with Crippen molar-refractivity contribution in [1.82, 2.24) is 0 Å². The van der Waals surface area contributed by atoms with Crippen LogP contribution in [-0.2, 0) is 6.54 Å². The van der Waals surface area contributed by atoms with Crippen molar-refractivity contribution in [1.29, 1.82) is 0 Å². The molecule has 0 aliphatic rings. The van der Waals surface area contributed by atoms with Crippen LogP contribution < -0.4 is 4.52 Å². The van der Waals surface area contributed by atoms with Crippen molar-refractivity contribution in [3.05, 3.63) is 71.6 Å². The molecule has 18 heavy (non-hydrogen) atoms. The lowest BCUT2D eigenvalue weighted by Crippen LogP contribution is -1.99. The van der Waals surface area contributed by atoms with Crippen molar-refractivity contribution < 1.29 is 13.7 Å². The summed E-state index contributed by atoms with van der Waals surface area (Å²) in [6.45, 7) is 3.45. The Labute approximate surface area is 108 Å². The van der Waals surface area contributed by atoms with Gasteiger partial charge in [-0.25, -0.2) is 4.39 Å². The van der Waals surface area contributed by atoms with E-state index in [4.69, 9.17) is 4.52 Å². The normalized spacial score (nSPS) is 11.6. The first kappa shape index (κ1) is 14.3. The van der Waals surface area contributed by atoms with E-state index in [1.54, 1.807) is 24.3 Å². The summed E-state index contributed by atoms with van der Waals surface area (Å²) < 4.78 is 18.3.